The maximum absolute atomic E-state index is 5.97. The topological polar surface area (TPSA) is 71.0 Å². The van der Waals surface area contributed by atoms with Crippen LogP contribution in [0, 0.1) is 6.92 Å². The highest BCUT2D eigenvalue weighted by Crippen LogP contribution is 2.20. The Morgan fingerprint density at radius 1 is 1.06 bits per heavy atom. The molecule has 1 aromatic carbocycles. The number of methoxy groups -OCH3 is 1. The number of halogens is 1. The molecule has 0 aliphatic heterocycles. The van der Waals surface area contributed by atoms with Crippen molar-refractivity contribution in [2.24, 2.45) is 4.99 Å². The van der Waals surface area contributed by atoms with E-state index in [-0.39, 0.29) is 24.0 Å². The Balaban J connectivity index is 0.00000512. The average molecular weight is 556 g/mol. The third kappa shape index (κ3) is 9.20. The number of rotatable bonds is 12. The number of nitrogens with zero attached hydrogens (tertiary/aromatic N) is 3. The number of anilines is 1. The molecule has 2 rings (SSSR count). The summed E-state index contributed by atoms with van der Waals surface area (Å²) in [6, 6.07) is 10.4. The number of hydrogen-bond acceptors (Lipinski definition) is 5. The second-order valence-corrected chi connectivity index (χ2v) is 7.28. The van der Waals surface area contributed by atoms with Crippen molar-refractivity contribution in [1.29, 1.82) is 0 Å². The van der Waals surface area contributed by atoms with Crippen molar-refractivity contribution < 1.29 is 9.47 Å². The first-order valence-corrected chi connectivity index (χ1v) is 11.0. The molecule has 0 radical (unpaired) electrons. The predicted octanol–water partition coefficient (Wildman–Crippen LogP) is 4.13. The van der Waals surface area contributed by atoms with Gasteiger partial charge in [-0.3, -0.25) is 4.99 Å². The lowest BCUT2D eigenvalue weighted by molar-refractivity contribution is 0.171. The monoisotopic (exact) mass is 555 g/mol. The molecule has 32 heavy (non-hydrogen) atoms. The van der Waals surface area contributed by atoms with Crippen LogP contribution in [0.25, 0.3) is 0 Å². The van der Waals surface area contributed by atoms with E-state index in [1.807, 2.05) is 6.20 Å². The Kier molecular flexibility index (Phi) is 13.7. The molecule has 1 heterocycles. The largest absolute Gasteiger partial charge is 0.493 e. The number of aryl methyl sites for hydroxylation is 1. The summed E-state index contributed by atoms with van der Waals surface area (Å²) < 4.78 is 11.1. The van der Waals surface area contributed by atoms with E-state index in [2.05, 4.69) is 76.6 Å². The molecule has 0 aliphatic carbocycles. The van der Waals surface area contributed by atoms with E-state index < -0.39 is 0 Å². The van der Waals surface area contributed by atoms with E-state index in [9.17, 15) is 0 Å². The summed E-state index contributed by atoms with van der Waals surface area (Å²) in [5.74, 6) is 2.64. The zero-order valence-corrected chi connectivity index (χ0v) is 22.3. The Morgan fingerprint density at radius 3 is 2.44 bits per heavy atom. The highest BCUT2D eigenvalue weighted by Gasteiger charge is 2.07. The van der Waals surface area contributed by atoms with E-state index >= 15 is 0 Å². The van der Waals surface area contributed by atoms with E-state index in [0.29, 0.717) is 26.3 Å². The predicted molar refractivity (Wildman–Crippen MR) is 143 cm³/mol. The van der Waals surface area contributed by atoms with Crippen molar-refractivity contribution in [3.63, 3.8) is 0 Å². The van der Waals surface area contributed by atoms with Gasteiger partial charge in [0, 0.05) is 65.1 Å². The smallest absolute Gasteiger partial charge is 0.191 e. The maximum atomic E-state index is 5.97. The highest BCUT2D eigenvalue weighted by molar-refractivity contribution is 14.0. The van der Waals surface area contributed by atoms with E-state index in [1.54, 1.807) is 14.2 Å². The molecular formula is C24H38IN5O2. The number of pyridine rings is 1. The third-order valence-corrected chi connectivity index (χ3v) is 5.00. The van der Waals surface area contributed by atoms with Crippen LogP contribution < -0.4 is 20.3 Å². The lowest BCUT2D eigenvalue weighted by Crippen LogP contribution is -2.36. The molecule has 0 bridgehead atoms. The minimum absolute atomic E-state index is 0. The first kappa shape index (κ1) is 28.0. The van der Waals surface area contributed by atoms with Crippen molar-refractivity contribution >= 4 is 35.8 Å². The first-order chi connectivity index (χ1) is 15.1. The van der Waals surface area contributed by atoms with Crippen LogP contribution >= 0.6 is 24.0 Å². The van der Waals surface area contributed by atoms with E-state index in [1.165, 1.54) is 5.56 Å². The molecule has 8 heteroatoms. The lowest BCUT2D eigenvalue weighted by Gasteiger charge is -2.20. The molecule has 0 amide bonds. The van der Waals surface area contributed by atoms with Gasteiger partial charge in [0.1, 0.15) is 11.6 Å². The van der Waals surface area contributed by atoms with Gasteiger partial charge in [0.05, 0.1) is 6.61 Å². The van der Waals surface area contributed by atoms with Crippen LogP contribution in [0.2, 0.25) is 0 Å². The van der Waals surface area contributed by atoms with Gasteiger partial charge in [-0.1, -0.05) is 18.2 Å². The molecule has 2 N–H and O–H groups in total. The molecule has 0 fully saturated rings. The van der Waals surface area contributed by atoms with Crippen molar-refractivity contribution in [2.75, 3.05) is 45.4 Å². The molecule has 178 valence electrons. The van der Waals surface area contributed by atoms with Crippen LogP contribution in [-0.2, 0) is 17.8 Å². The van der Waals surface area contributed by atoms with Gasteiger partial charge in [-0.25, -0.2) is 4.98 Å². The minimum atomic E-state index is 0. The Hall–Kier alpha value is -2.07. The Bertz CT molecular complexity index is 811. The first-order valence-electron chi connectivity index (χ1n) is 11.0. The summed E-state index contributed by atoms with van der Waals surface area (Å²) >= 11 is 0. The Labute approximate surface area is 210 Å². The van der Waals surface area contributed by atoms with Crippen LogP contribution in [0.3, 0.4) is 0 Å². The summed E-state index contributed by atoms with van der Waals surface area (Å²) in [5, 5.41) is 6.72. The zero-order chi connectivity index (χ0) is 22.5. The SMILES string of the molecule is CCN(CC)c1ccc(CNC(=NC)NCc2ccc(C)cc2OCCCOC)cn1.I. The minimum Gasteiger partial charge on any atom is -0.493 e. The molecule has 0 spiro atoms. The molecule has 2 aromatic rings. The van der Waals surface area contributed by atoms with Gasteiger partial charge in [-0.05, 0) is 44.0 Å². The fourth-order valence-electron chi connectivity index (χ4n) is 3.17. The molecule has 0 saturated heterocycles. The van der Waals surface area contributed by atoms with Gasteiger partial charge in [-0.2, -0.15) is 0 Å². The number of aromatic nitrogens is 1. The fourth-order valence-corrected chi connectivity index (χ4v) is 3.17. The van der Waals surface area contributed by atoms with Gasteiger partial charge in [0.2, 0.25) is 0 Å². The average Bonchev–Trinajstić information content (AvgIpc) is 2.79. The van der Waals surface area contributed by atoms with Gasteiger partial charge in [-0.15, -0.1) is 24.0 Å². The molecule has 0 atom stereocenters. The summed E-state index contributed by atoms with van der Waals surface area (Å²) in [6.07, 6.45) is 2.78. The molecule has 1 aromatic heterocycles. The number of nitrogens with one attached hydrogen (secondary N) is 2. The number of aliphatic imine (C=N–C) groups is 1. The highest BCUT2D eigenvalue weighted by atomic mass is 127. The van der Waals surface area contributed by atoms with Crippen LogP contribution in [0.1, 0.15) is 37.0 Å². The zero-order valence-electron chi connectivity index (χ0n) is 20.0. The second kappa shape index (κ2) is 15.7. The van der Waals surface area contributed by atoms with Crippen molar-refractivity contribution in [2.45, 2.75) is 40.3 Å². The van der Waals surface area contributed by atoms with Crippen LogP contribution in [0.5, 0.6) is 5.75 Å². The maximum Gasteiger partial charge on any atom is 0.191 e. The number of benzene rings is 1. The molecule has 0 aliphatic rings. The third-order valence-electron chi connectivity index (χ3n) is 5.00. The number of guanidine groups is 1. The molecular weight excluding hydrogens is 517 g/mol. The Morgan fingerprint density at radius 2 is 1.81 bits per heavy atom. The lowest BCUT2D eigenvalue weighted by atomic mass is 10.1. The van der Waals surface area contributed by atoms with E-state index in [4.69, 9.17) is 9.47 Å². The summed E-state index contributed by atoms with van der Waals surface area (Å²) in [4.78, 5) is 11.1. The fraction of sp³-hybridized carbons (Fsp3) is 0.500. The quantitative estimate of drug-likeness (QED) is 0.178. The summed E-state index contributed by atoms with van der Waals surface area (Å²) in [7, 11) is 3.48. The van der Waals surface area contributed by atoms with E-state index in [0.717, 1.165) is 48.2 Å². The van der Waals surface area contributed by atoms with Gasteiger partial charge in [0.15, 0.2) is 5.96 Å². The molecule has 0 saturated carbocycles. The van der Waals surface area contributed by atoms with Crippen molar-refractivity contribution in [3.8, 4) is 5.75 Å². The van der Waals surface area contributed by atoms with Crippen molar-refractivity contribution in [3.05, 3.63) is 53.2 Å². The van der Waals surface area contributed by atoms with Crippen LogP contribution in [-0.4, -0.2) is 51.4 Å². The standard InChI is InChI=1S/C24H37N5O2.HI/c1-6-29(7-2)23-12-10-20(16-26-23)17-27-24(25-4)28-18-21-11-9-19(3)15-22(21)31-14-8-13-30-5;/h9-12,15-16H,6-8,13-14,17-18H2,1-5H3,(H2,25,27,28);1H. The summed E-state index contributed by atoms with van der Waals surface area (Å²) in [6.45, 7) is 10.9. The number of hydrogen-bond donors (Lipinski definition) is 2. The van der Waals surface area contributed by atoms with Gasteiger partial charge < -0.3 is 25.0 Å². The summed E-state index contributed by atoms with van der Waals surface area (Å²) in [5.41, 5.74) is 3.38. The molecule has 0 unspecified atom stereocenters. The van der Waals surface area contributed by atoms with Crippen molar-refractivity contribution in [1.82, 2.24) is 15.6 Å². The van der Waals surface area contributed by atoms with Crippen LogP contribution in [0.15, 0.2) is 41.5 Å². The number of ether oxygens (including phenoxy) is 2. The van der Waals surface area contributed by atoms with Gasteiger partial charge >= 0.3 is 0 Å². The second-order valence-electron chi connectivity index (χ2n) is 7.28. The van der Waals surface area contributed by atoms with Crippen LogP contribution in [0.4, 0.5) is 5.82 Å². The van der Waals surface area contributed by atoms with Gasteiger partial charge in [0.25, 0.3) is 0 Å². The molecule has 7 nitrogen and oxygen atoms in total. The normalized spacial score (nSPS) is 11.0.